The molecule has 0 N–H and O–H groups in total. The molecule has 1 fully saturated rings. The van der Waals surface area contributed by atoms with Crippen molar-refractivity contribution in [3.63, 3.8) is 0 Å². The molecule has 1 atom stereocenters. The predicted octanol–water partition coefficient (Wildman–Crippen LogP) is 4.50. The van der Waals surface area contributed by atoms with Crippen LogP contribution in [-0.2, 0) is 0 Å². The summed E-state index contributed by atoms with van der Waals surface area (Å²) >= 11 is 0. The number of likely N-dealkylation sites (tertiary alicyclic amines) is 1. The molecule has 0 aliphatic carbocycles. The van der Waals surface area contributed by atoms with Crippen LogP contribution in [-0.4, -0.2) is 34.6 Å². The Balaban J connectivity index is 1.61. The van der Waals surface area contributed by atoms with E-state index in [1.807, 2.05) is 35.2 Å². The number of hydrogen-bond acceptors (Lipinski definition) is 5. The summed E-state index contributed by atoms with van der Waals surface area (Å²) in [5, 5.41) is 4.25. The van der Waals surface area contributed by atoms with E-state index >= 15 is 0 Å². The summed E-state index contributed by atoms with van der Waals surface area (Å²) in [6, 6.07) is 13.1. The van der Waals surface area contributed by atoms with Crippen LogP contribution < -0.4 is 4.74 Å². The first-order chi connectivity index (χ1) is 13.8. The van der Waals surface area contributed by atoms with Crippen molar-refractivity contribution in [1.82, 2.24) is 15.0 Å². The van der Waals surface area contributed by atoms with Crippen LogP contribution in [0.4, 0.5) is 0 Å². The van der Waals surface area contributed by atoms with Crippen LogP contribution in [0.25, 0.3) is 11.3 Å². The van der Waals surface area contributed by atoms with Crippen molar-refractivity contribution in [2.24, 2.45) is 0 Å². The molecular formula is C22H23N3O3. The van der Waals surface area contributed by atoms with Gasteiger partial charge in [0.05, 0.1) is 18.7 Å². The SMILES string of the molecule is COc1ccc(-c2cc([C@H]3CCCCCN3C(=O)c3cccnc3)on2)cc1. The van der Waals surface area contributed by atoms with Crippen molar-refractivity contribution in [3.05, 3.63) is 66.2 Å². The van der Waals surface area contributed by atoms with Gasteiger partial charge in [-0.25, -0.2) is 0 Å². The smallest absolute Gasteiger partial charge is 0.256 e. The maximum atomic E-state index is 13.1. The first kappa shape index (κ1) is 18.2. The Hall–Kier alpha value is -3.15. The molecule has 6 nitrogen and oxygen atoms in total. The van der Waals surface area contributed by atoms with Crippen LogP contribution in [0.3, 0.4) is 0 Å². The van der Waals surface area contributed by atoms with Crippen LogP contribution in [0.15, 0.2) is 59.4 Å². The molecular weight excluding hydrogens is 354 g/mol. The lowest BCUT2D eigenvalue weighted by Crippen LogP contribution is -2.34. The minimum atomic E-state index is -0.116. The highest BCUT2D eigenvalue weighted by atomic mass is 16.5. The number of pyridine rings is 1. The second kappa shape index (κ2) is 8.25. The number of methoxy groups -OCH3 is 1. The fourth-order valence-electron chi connectivity index (χ4n) is 3.65. The number of benzene rings is 1. The van der Waals surface area contributed by atoms with E-state index in [-0.39, 0.29) is 11.9 Å². The van der Waals surface area contributed by atoms with Crippen LogP contribution in [0, 0.1) is 0 Å². The number of rotatable bonds is 4. The van der Waals surface area contributed by atoms with Gasteiger partial charge in [-0.2, -0.15) is 0 Å². The standard InChI is InChI=1S/C22H23N3O3/c1-27-18-10-8-16(9-11-18)19-14-21(28-24-19)20-7-3-2-4-13-25(20)22(26)17-6-5-12-23-15-17/h5-6,8-12,14-15,20H,2-4,7,13H2,1H3/t20-/m1/s1. The lowest BCUT2D eigenvalue weighted by molar-refractivity contribution is 0.0650. The average Bonchev–Trinajstić information content (AvgIpc) is 3.12. The maximum absolute atomic E-state index is 13.1. The number of carbonyl (C=O) groups excluding carboxylic acids is 1. The molecule has 1 saturated heterocycles. The van der Waals surface area contributed by atoms with Crippen molar-refractivity contribution in [3.8, 4) is 17.0 Å². The van der Waals surface area contributed by atoms with Gasteiger partial charge in [0.2, 0.25) is 0 Å². The zero-order chi connectivity index (χ0) is 19.3. The molecule has 0 bridgehead atoms. The average molecular weight is 377 g/mol. The number of nitrogens with zero attached hydrogens (tertiary/aromatic N) is 3. The molecule has 1 aromatic carbocycles. The fraction of sp³-hybridized carbons (Fsp3) is 0.318. The zero-order valence-electron chi connectivity index (χ0n) is 15.9. The van der Waals surface area contributed by atoms with Gasteiger partial charge in [0.25, 0.3) is 5.91 Å². The number of aromatic nitrogens is 2. The van der Waals surface area contributed by atoms with E-state index in [0.29, 0.717) is 12.1 Å². The monoisotopic (exact) mass is 377 g/mol. The Kier molecular flexibility index (Phi) is 5.37. The molecule has 3 aromatic rings. The molecule has 4 rings (SSSR count). The number of carbonyl (C=O) groups is 1. The Morgan fingerprint density at radius 1 is 1.18 bits per heavy atom. The van der Waals surface area contributed by atoms with Gasteiger partial charge in [0, 0.05) is 30.6 Å². The normalized spacial score (nSPS) is 17.2. The van der Waals surface area contributed by atoms with Crippen LogP contribution >= 0.6 is 0 Å². The van der Waals surface area contributed by atoms with Crippen molar-refractivity contribution < 1.29 is 14.1 Å². The van der Waals surface area contributed by atoms with Gasteiger partial charge in [0.1, 0.15) is 11.4 Å². The molecule has 3 heterocycles. The van der Waals surface area contributed by atoms with Crippen molar-refractivity contribution >= 4 is 5.91 Å². The Labute approximate surface area is 164 Å². The molecule has 0 spiro atoms. The van der Waals surface area contributed by atoms with Gasteiger partial charge in [-0.05, 0) is 49.2 Å². The van der Waals surface area contributed by atoms with Gasteiger partial charge in [-0.3, -0.25) is 9.78 Å². The van der Waals surface area contributed by atoms with Gasteiger partial charge in [-0.15, -0.1) is 0 Å². The highest BCUT2D eigenvalue weighted by molar-refractivity contribution is 5.94. The molecule has 6 heteroatoms. The molecule has 1 aliphatic heterocycles. The van der Waals surface area contributed by atoms with E-state index in [9.17, 15) is 4.79 Å². The van der Waals surface area contributed by atoms with Crippen LogP contribution in [0.5, 0.6) is 5.75 Å². The molecule has 144 valence electrons. The molecule has 1 amide bonds. The van der Waals surface area contributed by atoms with Crippen LogP contribution in [0.2, 0.25) is 0 Å². The number of ether oxygens (including phenoxy) is 1. The fourth-order valence-corrected chi connectivity index (χ4v) is 3.65. The van der Waals surface area contributed by atoms with E-state index in [1.165, 1.54) is 0 Å². The first-order valence-corrected chi connectivity index (χ1v) is 9.58. The third-order valence-corrected chi connectivity index (χ3v) is 5.16. The van der Waals surface area contributed by atoms with E-state index in [0.717, 1.165) is 48.5 Å². The quantitative estimate of drug-likeness (QED) is 0.669. The molecule has 1 aliphatic rings. The van der Waals surface area contributed by atoms with E-state index < -0.39 is 0 Å². The molecule has 0 unspecified atom stereocenters. The summed E-state index contributed by atoms with van der Waals surface area (Å²) in [6.45, 7) is 0.705. The Bertz CT molecular complexity index is 922. The summed E-state index contributed by atoms with van der Waals surface area (Å²) < 4.78 is 10.9. The number of hydrogen-bond donors (Lipinski definition) is 0. The van der Waals surface area contributed by atoms with Gasteiger partial charge < -0.3 is 14.2 Å². The summed E-state index contributed by atoms with van der Waals surface area (Å²) in [7, 11) is 1.64. The summed E-state index contributed by atoms with van der Waals surface area (Å²) in [4.78, 5) is 19.1. The summed E-state index contributed by atoms with van der Waals surface area (Å²) in [5.41, 5.74) is 2.31. The summed E-state index contributed by atoms with van der Waals surface area (Å²) in [5.74, 6) is 1.51. The minimum absolute atomic E-state index is 0.0117. The lowest BCUT2D eigenvalue weighted by Gasteiger charge is -2.28. The highest BCUT2D eigenvalue weighted by Crippen LogP contribution is 2.33. The van der Waals surface area contributed by atoms with Crippen molar-refractivity contribution in [2.75, 3.05) is 13.7 Å². The Morgan fingerprint density at radius 2 is 2.04 bits per heavy atom. The highest BCUT2D eigenvalue weighted by Gasteiger charge is 2.30. The molecule has 28 heavy (non-hydrogen) atoms. The van der Waals surface area contributed by atoms with Crippen molar-refractivity contribution in [1.29, 1.82) is 0 Å². The molecule has 2 aromatic heterocycles. The third-order valence-electron chi connectivity index (χ3n) is 5.16. The number of amides is 1. The first-order valence-electron chi connectivity index (χ1n) is 9.58. The predicted molar refractivity (Wildman–Crippen MR) is 105 cm³/mol. The summed E-state index contributed by atoms with van der Waals surface area (Å²) in [6.07, 6.45) is 7.31. The van der Waals surface area contributed by atoms with E-state index in [1.54, 1.807) is 31.6 Å². The largest absolute Gasteiger partial charge is 0.497 e. The topological polar surface area (TPSA) is 68.5 Å². The third kappa shape index (κ3) is 3.76. The molecule has 0 saturated carbocycles. The minimum Gasteiger partial charge on any atom is -0.497 e. The van der Waals surface area contributed by atoms with E-state index in [2.05, 4.69) is 10.1 Å². The maximum Gasteiger partial charge on any atom is 0.256 e. The Morgan fingerprint density at radius 3 is 2.79 bits per heavy atom. The van der Waals surface area contributed by atoms with Crippen LogP contribution in [0.1, 0.15) is 47.8 Å². The lowest BCUT2D eigenvalue weighted by atomic mass is 10.0. The molecule has 0 radical (unpaired) electrons. The van der Waals surface area contributed by atoms with Gasteiger partial charge in [-0.1, -0.05) is 18.0 Å². The second-order valence-corrected chi connectivity index (χ2v) is 6.95. The second-order valence-electron chi connectivity index (χ2n) is 6.95. The van der Waals surface area contributed by atoms with Crippen molar-refractivity contribution in [2.45, 2.75) is 31.7 Å². The van der Waals surface area contributed by atoms with Gasteiger partial charge >= 0.3 is 0 Å². The van der Waals surface area contributed by atoms with E-state index in [4.69, 9.17) is 9.26 Å². The van der Waals surface area contributed by atoms with Gasteiger partial charge in [0.15, 0.2) is 5.76 Å². The zero-order valence-corrected chi connectivity index (χ0v) is 15.9.